The molecule has 2 amide bonds. The summed E-state index contributed by atoms with van der Waals surface area (Å²) >= 11 is 1.37. The van der Waals surface area contributed by atoms with Gasteiger partial charge in [0.25, 0.3) is 5.91 Å². The number of carbonyl (C=O) groups is 2. The van der Waals surface area contributed by atoms with Crippen LogP contribution in [0.3, 0.4) is 0 Å². The first-order chi connectivity index (χ1) is 10.9. The van der Waals surface area contributed by atoms with Crippen LogP contribution in [0, 0.1) is 11.8 Å². The molecule has 0 saturated heterocycles. The summed E-state index contributed by atoms with van der Waals surface area (Å²) in [7, 11) is 1.62. The van der Waals surface area contributed by atoms with Crippen molar-refractivity contribution in [3.05, 3.63) is 22.4 Å². The van der Waals surface area contributed by atoms with Crippen LogP contribution in [0.15, 0.2) is 17.5 Å². The molecule has 1 N–H and O–H groups in total. The van der Waals surface area contributed by atoms with Crippen molar-refractivity contribution >= 4 is 23.2 Å². The van der Waals surface area contributed by atoms with E-state index in [1.54, 1.807) is 18.1 Å². The van der Waals surface area contributed by atoms with Crippen molar-refractivity contribution in [2.45, 2.75) is 33.7 Å². The Balaban J connectivity index is 2.83. The predicted molar refractivity (Wildman–Crippen MR) is 93.7 cm³/mol. The largest absolute Gasteiger partial charge is 0.383 e. The number of thiophene rings is 1. The van der Waals surface area contributed by atoms with Gasteiger partial charge in [0.05, 0.1) is 11.5 Å². The maximum atomic E-state index is 12.9. The third-order valence-electron chi connectivity index (χ3n) is 3.43. The van der Waals surface area contributed by atoms with Crippen molar-refractivity contribution in [1.82, 2.24) is 10.2 Å². The van der Waals surface area contributed by atoms with E-state index < -0.39 is 6.04 Å². The second kappa shape index (κ2) is 9.67. The molecule has 0 radical (unpaired) electrons. The van der Waals surface area contributed by atoms with Crippen molar-refractivity contribution in [3.63, 3.8) is 0 Å². The molecule has 1 rings (SSSR count). The van der Waals surface area contributed by atoms with E-state index in [9.17, 15) is 9.59 Å². The molecule has 0 aliphatic carbocycles. The minimum Gasteiger partial charge on any atom is -0.383 e. The fourth-order valence-corrected chi connectivity index (χ4v) is 2.89. The Morgan fingerprint density at radius 2 is 2.00 bits per heavy atom. The third kappa shape index (κ3) is 6.31. The molecule has 1 aromatic heterocycles. The van der Waals surface area contributed by atoms with Gasteiger partial charge >= 0.3 is 0 Å². The fourth-order valence-electron chi connectivity index (χ4n) is 2.26. The zero-order valence-corrected chi connectivity index (χ0v) is 15.5. The summed E-state index contributed by atoms with van der Waals surface area (Å²) in [4.78, 5) is 27.6. The molecule has 1 heterocycles. The lowest BCUT2D eigenvalue weighted by atomic mass is 10.0. The zero-order valence-electron chi connectivity index (χ0n) is 14.7. The molecule has 1 atom stereocenters. The van der Waals surface area contributed by atoms with Crippen LogP contribution in [0.1, 0.15) is 37.4 Å². The van der Waals surface area contributed by atoms with E-state index in [1.165, 1.54) is 11.3 Å². The first-order valence-corrected chi connectivity index (χ1v) is 8.86. The highest BCUT2D eigenvalue weighted by atomic mass is 32.1. The smallest absolute Gasteiger partial charge is 0.262 e. The first kappa shape index (κ1) is 19.6. The van der Waals surface area contributed by atoms with Gasteiger partial charge in [0, 0.05) is 20.2 Å². The maximum Gasteiger partial charge on any atom is 0.262 e. The van der Waals surface area contributed by atoms with Crippen LogP contribution in [-0.2, 0) is 9.53 Å². The molecule has 0 aromatic carbocycles. The molecule has 0 saturated carbocycles. The molecular weight excluding hydrogens is 312 g/mol. The molecule has 130 valence electrons. The fraction of sp³-hybridized carbons (Fsp3) is 0.647. The molecule has 0 spiro atoms. The van der Waals surface area contributed by atoms with E-state index in [-0.39, 0.29) is 17.7 Å². The van der Waals surface area contributed by atoms with Gasteiger partial charge in [0.15, 0.2) is 0 Å². The van der Waals surface area contributed by atoms with Gasteiger partial charge in [0.2, 0.25) is 5.91 Å². The number of hydrogen-bond donors (Lipinski definition) is 1. The average molecular weight is 340 g/mol. The molecular formula is C17H28N2O3S. The van der Waals surface area contributed by atoms with Gasteiger partial charge < -0.3 is 15.0 Å². The number of ether oxygens (including phenoxy) is 1. The zero-order chi connectivity index (χ0) is 17.4. The van der Waals surface area contributed by atoms with Crippen molar-refractivity contribution in [3.8, 4) is 0 Å². The summed E-state index contributed by atoms with van der Waals surface area (Å²) in [6.45, 7) is 9.71. The summed E-state index contributed by atoms with van der Waals surface area (Å²) in [5.41, 5.74) is 0. The quantitative estimate of drug-likeness (QED) is 0.752. The molecule has 6 heteroatoms. The Labute approximate surface area is 143 Å². The van der Waals surface area contributed by atoms with Gasteiger partial charge in [-0.2, -0.15) is 0 Å². The van der Waals surface area contributed by atoms with Gasteiger partial charge in [-0.3, -0.25) is 9.59 Å². The standard InChI is InChI=1S/C17H28N2O3S/c1-12(2)11-19(8-9-22-5)17(21)15(13(3)4)18-16(20)14-7-6-10-23-14/h6-7,10,12-13,15H,8-9,11H2,1-5H3,(H,18,20). The lowest BCUT2D eigenvalue weighted by Crippen LogP contribution is -2.52. The van der Waals surface area contributed by atoms with Gasteiger partial charge in [0.1, 0.15) is 6.04 Å². The number of hydrogen-bond acceptors (Lipinski definition) is 4. The summed E-state index contributed by atoms with van der Waals surface area (Å²) in [5, 5.41) is 4.74. The van der Waals surface area contributed by atoms with Crippen molar-refractivity contribution in [1.29, 1.82) is 0 Å². The number of nitrogens with zero attached hydrogens (tertiary/aromatic N) is 1. The molecule has 0 fully saturated rings. The van der Waals surface area contributed by atoms with E-state index in [4.69, 9.17) is 4.74 Å². The SMILES string of the molecule is COCCN(CC(C)C)C(=O)C(NC(=O)c1cccs1)C(C)C. The minimum absolute atomic E-state index is 0.0172. The molecule has 5 nitrogen and oxygen atoms in total. The second-order valence-corrected chi connectivity index (χ2v) is 7.29. The number of amides is 2. The minimum atomic E-state index is -0.528. The van der Waals surface area contributed by atoms with E-state index in [1.807, 2.05) is 25.3 Å². The Hall–Kier alpha value is -1.40. The maximum absolute atomic E-state index is 12.9. The summed E-state index contributed by atoms with van der Waals surface area (Å²) in [5.74, 6) is 0.138. The van der Waals surface area contributed by atoms with Gasteiger partial charge in [-0.1, -0.05) is 33.8 Å². The van der Waals surface area contributed by atoms with E-state index in [2.05, 4.69) is 19.2 Å². The van der Waals surface area contributed by atoms with Crippen LogP contribution in [-0.4, -0.2) is 49.6 Å². The average Bonchev–Trinajstić information content (AvgIpc) is 3.01. The highest BCUT2D eigenvalue weighted by Crippen LogP contribution is 2.13. The third-order valence-corrected chi connectivity index (χ3v) is 4.30. The molecule has 23 heavy (non-hydrogen) atoms. The van der Waals surface area contributed by atoms with Crippen LogP contribution >= 0.6 is 11.3 Å². The number of nitrogens with one attached hydrogen (secondary N) is 1. The highest BCUT2D eigenvalue weighted by molar-refractivity contribution is 7.12. The van der Waals surface area contributed by atoms with Crippen LogP contribution in [0.2, 0.25) is 0 Å². The van der Waals surface area contributed by atoms with Crippen LogP contribution in [0.25, 0.3) is 0 Å². The van der Waals surface area contributed by atoms with E-state index in [0.29, 0.717) is 30.5 Å². The molecule has 1 aromatic rings. The summed E-state index contributed by atoms with van der Waals surface area (Å²) < 4.78 is 5.10. The Morgan fingerprint density at radius 3 is 2.48 bits per heavy atom. The topological polar surface area (TPSA) is 58.6 Å². The highest BCUT2D eigenvalue weighted by Gasteiger charge is 2.29. The normalized spacial score (nSPS) is 12.5. The number of methoxy groups -OCH3 is 1. The Bertz CT molecular complexity index is 486. The van der Waals surface area contributed by atoms with E-state index >= 15 is 0 Å². The second-order valence-electron chi connectivity index (χ2n) is 6.34. The monoisotopic (exact) mass is 340 g/mol. The number of rotatable bonds is 9. The lowest BCUT2D eigenvalue weighted by Gasteiger charge is -2.30. The molecule has 1 unspecified atom stereocenters. The Kier molecular flexibility index (Phi) is 8.26. The van der Waals surface area contributed by atoms with Crippen molar-refractivity contribution in [2.24, 2.45) is 11.8 Å². The van der Waals surface area contributed by atoms with Gasteiger partial charge in [-0.25, -0.2) is 0 Å². The van der Waals surface area contributed by atoms with E-state index in [0.717, 1.165) is 0 Å². The molecule has 0 aliphatic heterocycles. The Morgan fingerprint density at radius 1 is 1.30 bits per heavy atom. The van der Waals surface area contributed by atoms with Gasteiger partial charge in [-0.05, 0) is 23.3 Å². The first-order valence-electron chi connectivity index (χ1n) is 7.98. The van der Waals surface area contributed by atoms with Crippen molar-refractivity contribution in [2.75, 3.05) is 26.8 Å². The summed E-state index contributed by atoms with van der Waals surface area (Å²) in [6, 6.07) is 3.06. The summed E-state index contributed by atoms with van der Waals surface area (Å²) in [6.07, 6.45) is 0. The van der Waals surface area contributed by atoms with Crippen LogP contribution in [0.4, 0.5) is 0 Å². The van der Waals surface area contributed by atoms with Gasteiger partial charge in [-0.15, -0.1) is 11.3 Å². The lowest BCUT2D eigenvalue weighted by molar-refractivity contribution is -0.135. The predicted octanol–water partition coefficient (Wildman–Crippen LogP) is 2.63. The van der Waals surface area contributed by atoms with Crippen LogP contribution < -0.4 is 5.32 Å². The molecule has 0 aliphatic rings. The number of carbonyl (C=O) groups excluding carboxylic acids is 2. The van der Waals surface area contributed by atoms with Crippen LogP contribution in [0.5, 0.6) is 0 Å². The molecule has 0 bridgehead atoms. The van der Waals surface area contributed by atoms with Crippen molar-refractivity contribution < 1.29 is 14.3 Å².